The SMILES string of the molecule is CCOc1cc(/C=N/NC(=O)c2ccc(I)c(OC)c2)ccc1OCC(=O)O. The van der Waals surface area contributed by atoms with Gasteiger partial charge in [0.05, 0.1) is 23.5 Å². The van der Waals surface area contributed by atoms with Crippen LogP contribution in [0.25, 0.3) is 0 Å². The number of amides is 1. The molecule has 0 saturated carbocycles. The molecular weight excluding hydrogens is 479 g/mol. The number of carbonyl (C=O) groups excluding carboxylic acids is 1. The number of methoxy groups -OCH3 is 1. The Bertz CT molecular complexity index is 885. The molecule has 2 aromatic carbocycles. The zero-order chi connectivity index (χ0) is 20.5. The fourth-order valence-electron chi connectivity index (χ4n) is 2.16. The second-order valence-electron chi connectivity index (χ2n) is 5.37. The summed E-state index contributed by atoms with van der Waals surface area (Å²) in [5.74, 6) is -0.145. The maximum absolute atomic E-state index is 12.2. The molecule has 0 atom stereocenters. The van der Waals surface area contributed by atoms with Crippen LogP contribution in [0.3, 0.4) is 0 Å². The molecule has 2 N–H and O–H groups in total. The molecule has 0 unspecified atom stereocenters. The van der Waals surface area contributed by atoms with Crippen molar-refractivity contribution < 1.29 is 28.9 Å². The lowest BCUT2D eigenvalue weighted by atomic mass is 10.2. The van der Waals surface area contributed by atoms with Crippen molar-refractivity contribution in [2.75, 3.05) is 20.3 Å². The Morgan fingerprint density at radius 1 is 1.14 bits per heavy atom. The lowest BCUT2D eigenvalue weighted by molar-refractivity contribution is -0.139. The molecule has 1 amide bonds. The number of halogens is 1. The van der Waals surface area contributed by atoms with Crippen molar-refractivity contribution in [2.24, 2.45) is 5.10 Å². The molecule has 8 nitrogen and oxygen atoms in total. The highest BCUT2D eigenvalue weighted by Gasteiger charge is 2.09. The third kappa shape index (κ3) is 6.12. The summed E-state index contributed by atoms with van der Waals surface area (Å²) >= 11 is 2.12. The van der Waals surface area contributed by atoms with Crippen LogP contribution in [0, 0.1) is 3.57 Å². The van der Waals surface area contributed by atoms with Crippen molar-refractivity contribution in [3.8, 4) is 17.2 Å². The molecule has 0 aromatic heterocycles. The zero-order valence-corrected chi connectivity index (χ0v) is 17.4. The maximum atomic E-state index is 12.2. The van der Waals surface area contributed by atoms with Crippen molar-refractivity contribution in [1.82, 2.24) is 5.43 Å². The van der Waals surface area contributed by atoms with Gasteiger partial charge in [-0.15, -0.1) is 0 Å². The molecule has 0 aliphatic carbocycles. The van der Waals surface area contributed by atoms with E-state index in [1.807, 2.05) is 0 Å². The molecule has 2 aromatic rings. The predicted molar refractivity (Wildman–Crippen MR) is 112 cm³/mol. The average Bonchev–Trinajstić information content (AvgIpc) is 2.67. The summed E-state index contributed by atoms with van der Waals surface area (Å²) in [5.41, 5.74) is 3.51. The summed E-state index contributed by atoms with van der Waals surface area (Å²) in [5, 5.41) is 12.7. The van der Waals surface area contributed by atoms with E-state index in [1.165, 1.54) is 13.3 Å². The Hall–Kier alpha value is -2.82. The van der Waals surface area contributed by atoms with Gasteiger partial charge in [-0.05, 0) is 71.5 Å². The largest absolute Gasteiger partial charge is 0.496 e. The van der Waals surface area contributed by atoms with Crippen molar-refractivity contribution in [3.63, 3.8) is 0 Å². The number of hydrazone groups is 1. The fraction of sp³-hybridized carbons (Fsp3) is 0.211. The Morgan fingerprint density at radius 3 is 2.61 bits per heavy atom. The first-order chi connectivity index (χ1) is 13.4. The molecule has 9 heteroatoms. The predicted octanol–water partition coefficient (Wildman–Crippen LogP) is 2.93. The Labute approximate surface area is 175 Å². The number of carboxylic acids is 1. The second-order valence-corrected chi connectivity index (χ2v) is 6.53. The van der Waals surface area contributed by atoms with Crippen LogP contribution in [0.1, 0.15) is 22.8 Å². The van der Waals surface area contributed by atoms with Crippen LogP contribution < -0.4 is 19.6 Å². The van der Waals surface area contributed by atoms with E-state index in [0.717, 1.165) is 3.57 Å². The van der Waals surface area contributed by atoms with Gasteiger partial charge in [0.1, 0.15) is 5.75 Å². The molecule has 0 fully saturated rings. The number of nitrogens with one attached hydrogen (secondary N) is 1. The van der Waals surface area contributed by atoms with Gasteiger partial charge in [0, 0.05) is 5.56 Å². The first kappa shape index (κ1) is 21.5. The third-order valence-corrected chi connectivity index (χ3v) is 4.30. The Morgan fingerprint density at radius 2 is 1.93 bits per heavy atom. The van der Waals surface area contributed by atoms with E-state index in [2.05, 4.69) is 33.1 Å². The molecule has 0 aliphatic heterocycles. The van der Waals surface area contributed by atoms with Crippen molar-refractivity contribution >= 4 is 40.7 Å². The van der Waals surface area contributed by atoms with E-state index in [-0.39, 0.29) is 5.91 Å². The maximum Gasteiger partial charge on any atom is 0.341 e. The van der Waals surface area contributed by atoms with Gasteiger partial charge in [-0.3, -0.25) is 4.79 Å². The molecule has 0 saturated heterocycles. The fourth-order valence-corrected chi connectivity index (χ4v) is 2.72. The van der Waals surface area contributed by atoms with Crippen LogP contribution >= 0.6 is 22.6 Å². The topological polar surface area (TPSA) is 106 Å². The Kier molecular flexibility index (Phi) is 8.05. The summed E-state index contributed by atoms with van der Waals surface area (Å²) in [4.78, 5) is 22.9. The molecule has 0 aliphatic rings. The number of rotatable bonds is 9. The molecule has 0 bridgehead atoms. The number of aliphatic carboxylic acids is 1. The molecule has 28 heavy (non-hydrogen) atoms. The van der Waals surface area contributed by atoms with Crippen LogP contribution in [0.5, 0.6) is 17.2 Å². The van der Waals surface area contributed by atoms with Gasteiger partial charge < -0.3 is 19.3 Å². The lowest BCUT2D eigenvalue weighted by Crippen LogP contribution is -2.17. The molecule has 0 radical (unpaired) electrons. The van der Waals surface area contributed by atoms with Gasteiger partial charge in [-0.1, -0.05) is 0 Å². The van der Waals surface area contributed by atoms with Crippen LogP contribution in [-0.2, 0) is 4.79 Å². The minimum Gasteiger partial charge on any atom is -0.496 e. The van der Waals surface area contributed by atoms with Gasteiger partial charge in [0.15, 0.2) is 18.1 Å². The zero-order valence-electron chi connectivity index (χ0n) is 15.3. The van der Waals surface area contributed by atoms with E-state index >= 15 is 0 Å². The lowest BCUT2D eigenvalue weighted by Gasteiger charge is -2.11. The van der Waals surface area contributed by atoms with E-state index in [1.54, 1.807) is 43.3 Å². The van der Waals surface area contributed by atoms with E-state index in [4.69, 9.17) is 19.3 Å². The van der Waals surface area contributed by atoms with Gasteiger partial charge in [0.2, 0.25) is 0 Å². The second kappa shape index (κ2) is 10.5. The summed E-state index contributed by atoms with van der Waals surface area (Å²) in [6.45, 7) is 1.72. The summed E-state index contributed by atoms with van der Waals surface area (Å²) in [6, 6.07) is 9.99. The van der Waals surface area contributed by atoms with Crippen LogP contribution in [0.4, 0.5) is 0 Å². The van der Waals surface area contributed by atoms with Gasteiger partial charge in [0.25, 0.3) is 5.91 Å². The van der Waals surface area contributed by atoms with E-state index < -0.39 is 12.6 Å². The van der Waals surface area contributed by atoms with Gasteiger partial charge in [-0.2, -0.15) is 5.10 Å². The normalized spacial score (nSPS) is 10.5. The van der Waals surface area contributed by atoms with E-state index in [9.17, 15) is 9.59 Å². The Balaban J connectivity index is 2.07. The summed E-state index contributed by atoms with van der Waals surface area (Å²) in [7, 11) is 1.54. The highest BCUT2D eigenvalue weighted by molar-refractivity contribution is 14.1. The number of hydrogen-bond donors (Lipinski definition) is 2. The highest BCUT2D eigenvalue weighted by atomic mass is 127. The number of hydrogen-bond acceptors (Lipinski definition) is 6. The standard InChI is InChI=1S/C19H19IN2O6/c1-3-27-17-8-12(4-7-15(17)28-11-18(23)24)10-21-22-19(25)13-5-6-14(20)16(9-13)26-2/h4-10H,3,11H2,1-2H3,(H,22,25)(H,23,24)/b21-10+. The minimum atomic E-state index is -1.08. The summed E-state index contributed by atoms with van der Waals surface area (Å²) < 4.78 is 16.7. The number of carbonyl (C=O) groups is 2. The monoisotopic (exact) mass is 498 g/mol. The van der Waals surface area contributed by atoms with Gasteiger partial charge >= 0.3 is 5.97 Å². The smallest absolute Gasteiger partial charge is 0.341 e. The van der Waals surface area contributed by atoms with Crippen LogP contribution in [0.15, 0.2) is 41.5 Å². The van der Waals surface area contributed by atoms with Crippen LogP contribution in [-0.4, -0.2) is 43.5 Å². The van der Waals surface area contributed by atoms with Gasteiger partial charge in [-0.25, -0.2) is 10.2 Å². The quantitative estimate of drug-likeness (QED) is 0.313. The van der Waals surface area contributed by atoms with Crippen molar-refractivity contribution in [2.45, 2.75) is 6.92 Å². The highest BCUT2D eigenvalue weighted by Crippen LogP contribution is 2.28. The molecular formula is C19H19IN2O6. The van der Waals surface area contributed by atoms with Crippen LogP contribution in [0.2, 0.25) is 0 Å². The number of carboxylic acid groups (broad SMARTS) is 1. The average molecular weight is 498 g/mol. The van der Waals surface area contributed by atoms with E-state index in [0.29, 0.717) is 35.0 Å². The first-order valence-corrected chi connectivity index (χ1v) is 9.30. The molecule has 0 spiro atoms. The first-order valence-electron chi connectivity index (χ1n) is 8.23. The summed E-state index contributed by atoms with van der Waals surface area (Å²) in [6.07, 6.45) is 1.45. The minimum absolute atomic E-state index is 0.316. The molecule has 2 rings (SSSR count). The van der Waals surface area contributed by atoms with Crippen molar-refractivity contribution in [3.05, 3.63) is 51.1 Å². The number of benzene rings is 2. The molecule has 0 heterocycles. The number of nitrogens with zero attached hydrogens (tertiary/aromatic N) is 1. The number of ether oxygens (including phenoxy) is 3. The van der Waals surface area contributed by atoms with Crippen molar-refractivity contribution in [1.29, 1.82) is 0 Å². The molecule has 148 valence electrons. The third-order valence-electron chi connectivity index (χ3n) is 3.41.